The maximum absolute atomic E-state index is 6.10. The van der Waals surface area contributed by atoms with Crippen molar-refractivity contribution in [1.82, 2.24) is 4.98 Å². The molecule has 6 rings (SSSR count). The summed E-state index contributed by atoms with van der Waals surface area (Å²) in [6.07, 6.45) is 12.3. The Hall–Kier alpha value is -2.18. The molecule has 3 aromatic rings. The Bertz CT molecular complexity index is 1290. The number of nitrogens with zero attached hydrogens (tertiary/aromatic N) is 1. The van der Waals surface area contributed by atoms with Crippen LogP contribution in [0, 0.1) is 11.8 Å². The predicted molar refractivity (Wildman–Crippen MR) is 166 cm³/mol. The monoisotopic (exact) mass is 528 g/mol. The molecule has 2 aromatic carbocycles. The molecule has 202 valence electrons. The standard InChI is InChI=1S/C35H47NOP/c1-9-25-23-38(22-24-18-30(34(2,3)4)33(37-8)31(19-24)35(5,6)7)17-15-26(25)20-28(38)21-27-14-16-36-32-13-11-10-12-29(27)32/h9-14,16,18-19,25-26,28H,1,15,17,20-23H2,2-8H3/q+1. The van der Waals surface area contributed by atoms with Crippen LogP contribution in [-0.4, -0.2) is 30.1 Å². The molecule has 0 N–H and O–H groups in total. The van der Waals surface area contributed by atoms with E-state index in [0.717, 1.165) is 22.8 Å². The zero-order chi connectivity index (χ0) is 27.3. The summed E-state index contributed by atoms with van der Waals surface area (Å²) in [5, 5.41) is 1.34. The zero-order valence-corrected chi connectivity index (χ0v) is 25.6. The number of allylic oxidation sites excluding steroid dienone is 1. The van der Waals surface area contributed by atoms with Gasteiger partial charge < -0.3 is 4.74 Å². The molecule has 0 aliphatic carbocycles. The molecule has 3 aliphatic heterocycles. The molecule has 0 spiro atoms. The minimum absolute atomic E-state index is 0.0285. The van der Waals surface area contributed by atoms with Crippen LogP contribution < -0.4 is 4.74 Å². The first kappa shape index (κ1) is 27.4. The molecule has 2 nitrogen and oxygen atoms in total. The lowest BCUT2D eigenvalue weighted by molar-refractivity contribution is 0.334. The lowest BCUT2D eigenvalue weighted by Gasteiger charge is -2.50. The van der Waals surface area contributed by atoms with Gasteiger partial charge in [-0.1, -0.05) is 65.8 Å². The van der Waals surface area contributed by atoms with Crippen molar-refractivity contribution >= 4 is 18.2 Å². The zero-order valence-electron chi connectivity index (χ0n) is 24.7. The van der Waals surface area contributed by atoms with Gasteiger partial charge in [0.25, 0.3) is 0 Å². The van der Waals surface area contributed by atoms with E-state index in [1.165, 1.54) is 65.4 Å². The fraction of sp³-hybridized carbons (Fsp3) is 0.514. The van der Waals surface area contributed by atoms with Crippen LogP contribution in [0.25, 0.3) is 10.9 Å². The number of benzene rings is 2. The van der Waals surface area contributed by atoms with E-state index >= 15 is 0 Å². The molecule has 3 saturated heterocycles. The van der Waals surface area contributed by atoms with E-state index in [1.54, 1.807) is 0 Å². The van der Waals surface area contributed by atoms with Crippen LogP contribution in [0.1, 0.15) is 76.6 Å². The molecule has 2 bridgehead atoms. The summed E-state index contributed by atoms with van der Waals surface area (Å²) in [5.74, 6) is 2.57. The van der Waals surface area contributed by atoms with Crippen molar-refractivity contribution in [2.45, 2.75) is 83.5 Å². The van der Waals surface area contributed by atoms with Crippen LogP contribution in [0.3, 0.4) is 0 Å². The molecule has 4 atom stereocenters. The van der Waals surface area contributed by atoms with Gasteiger partial charge in [-0.2, -0.15) is 0 Å². The van der Waals surface area contributed by atoms with Gasteiger partial charge >= 0.3 is 0 Å². The summed E-state index contributed by atoms with van der Waals surface area (Å²) < 4.78 is 6.10. The van der Waals surface area contributed by atoms with E-state index in [1.807, 2.05) is 13.3 Å². The number of ether oxygens (including phenoxy) is 1. The summed E-state index contributed by atoms with van der Waals surface area (Å²) in [6.45, 7) is 18.2. The van der Waals surface area contributed by atoms with Crippen molar-refractivity contribution in [3.8, 4) is 5.75 Å². The highest BCUT2D eigenvalue weighted by molar-refractivity contribution is 7.76. The van der Waals surface area contributed by atoms with E-state index in [0.29, 0.717) is 5.92 Å². The quantitative estimate of drug-likeness (QED) is 0.235. The molecule has 0 amide bonds. The van der Waals surface area contributed by atoms with Gasteiger partial charge in [-0.05, 0) is 65.0 Å². The highest BCUT2D eigenvalue weighted by Crippen LogP contribution is 2.75. The smallest absolute Gasteiger partial charge is 0.126 e. The molecule has 4 unspecified atom stereocenters. The fourth-order valence-corrected chi connectivity index (χ4v) is 13.1. The molecule has 3 fully saturated rings. The lowest BCUT2D eigenvalue weighted by Crippen LogP contribution is -2.42. The third-order valence-corrected chi connectivity index (χ3v) is 14.7. The van der Waals surface area contributed by atoms with E-state index < -0.39 is 7.26 Å². The summed E-state index contributed by atoms with van der Waals surface area (Å²) in [6, 6.07) is 16.0. The second-order valence-corrected chi connectivity index (χ2v) is 18.3. The fourth-order valence-electron chi connectivity index (χ4n) is 7.38. The Labute approximate surface area is 231 Å². The summed E-state index contributed by atoms with van der Waals surface area (Å²) >= 11 is 0. The first-order chi connectivity index (χ1) is 17.9. The Morgan fingerprint density at radius 3 is 2.34 bits per heavy atom. The van der Waals surface area contributed by atoms with Crippen molar-refractivity contribution in [2.75, 3.05) is 19.4 Å². The first-order valence-corrected chi connectivity index (χ1v) is 16.9. The molecule has 3 heteroatoms. The van der Waals surface area contributed by atoms with E-state index in [2.05, 4.69) is 102 Å². The summed E-state index contributed by atoms with van der Waals surface area (Å²) in [4.78, 5) is 4.66. The third kappa shape index (κ3) is 5.06. The van der Waals surface area contributed by atoms with Crippen LogP contribution in [0.15, 0.2) is 61.3 Å². The molecule has 1 aromatic heterocycles. The number of pyridine rings is 1. The molecule has 0 saturated carbocycles. The number of methoxy groups -OCH3 is 1. The van der Waals surface area contributed by atoms with Gasteiger partial charge in [0.15, 0.2) is 0 Å². The predicted octanol–water partition coefficient (Wildman–Crippen LogP) is 9.19. The van der Waals surface area contributed by atoms with Gasteiger partial charge in [0.1, 0.15) is 5.75 Å². The van der Waals surface area contributed by atoms with Crippen LogP contribution in [0.4, 0.5) is 0 Å². The average molecular weight is 529 g/mol. The Balaban J connectivity index is 1.59. The van der Waals surface area contributed by atoms with Gasteiger partial charge in [0.2, 0.25) is 0 Å². The van der Waals surface area contributed by atoms with Gasteiger partial charge in [0, 0.05) is 42.3 Å². The number of hydrogen-bond donors (Lipinski definition) is 0. The van der Waals surface area contributed by atoms with Crippen molar-refractivity contribution in [1.29, 1.82) is 0 Å². The topological polar surface area (TPSA) is 22.1 Å². The lowest BCUT2D eigenvalue weighted by atomic mass is 9.78. The molecule has 4 heterocycles. The van der Waals surface area contributed by atoms with Crippen LogP contribution in [0.2, 0.25) is 0 Å². The van der Waals surface area contributed by atoms with Crippen molar-refractivity contribution < 1.29 is 4.74 Å². The minimum atomic E-state index is -1.25. The van der Waals surface area contributed by atoms with E-state index in [-0.39, 0.29) is 10.8 Å². The maximum atomic E-state index is 6.10. The Morgan fingerprint density at radius 1 is 1.03 bits per heavy atom. The Morgan fingerprint density at radius 2 is 1.71 bits per heavy atom. The van der Waals surface area contributed by atoms with Crippen LogP contribution in [0.5, 0.6) is 5.75 Å². The number of rotatable bonds is 6. The van der Waals surface area contributed by atoms with Gasteiger partial charge in [-0.25, -0.2) is 0 Å². The van der Waals surface area contributed by atoms with Crippen LogP contribution >= 0.6 is 7.26 Å². The van der Waals surface area contributed by atoms with Gasteiger partial charge in [0.05, 0.1) is 36.8 Å². The van der Waals surface area contributed by atoms with Crippen molar-refractivity contribution in [2.24, 2.45) is 11.8 Å². The highest BCUT2D eigenvalue weighted by atomic mass is 31.2. The van der Waals surface area contributed by atoms with Crippen LogP contribution in [-0.2, 0) is 23.4 Å². The molecule has 38 heavy (non-hydrogen) atoms. The molecule has 0 radical (unpaired) electrons. The minimum Gasteiger partial charge on any atom is -0.496 e. The highest BCUT2D eigenvalue weighted by Gasteiger charge is 2.56. The molecule has 3 aliphatic rings. The third-order valence-electron chi connectivity index (χ3n) is 9.44. The van der Waals surface area contributed by atoms with Crippen molar-refractivity contribution in [3.63, 3.8) is 0 Å². The largest absolute Gasteiger partial charge is 0.496 e. The molecular weight excluding hydrogens is 481 g/mol. The second-order valence-electron chi connectivity index (χ2n) is 14.0. The van der Waals surface area contributed by atoms with Gasteiger partial charge in [-0.15, -0.1) is 6.58 Å². The van der Waals surface area contributed by atoms with Crippen molar-refractivity contribution in [3.05, 3.63) is 83.6 Å². The SMILES string of the molecule is C=CC1C[P+]2(Cc3cc(C(C)(C)C)c(OC)c(C(C)(C)C)c3)CCC1CC2Cc1ccnc2ccccc12. The normalized spacial score (nSPS) is 25.5. The molecular formula is C35H47NOP+. The number of fused-ring (bicyclic) bond motifs is 4. The number of para-hydroxylation sites is 1. The average Bonchev–Trinajstić information content (AvgIpc) is 2.88. The second kappa shape index (κ2) is 10.1. The first-order valence-electron chi connectivity index (χ1n) is 14.5. The summed E-state index contributed by atoms with van der Waals surface area (Å²) in [7, 11) is 0.591. The summed E-state index contributed by atoms with van der Waals surface area (Å²) in [5.41, 5.74) is 7.68. The Kier molecular flexibility index (Phi) is 7.27. The van der Waals surface area contributed by atoms with E-state index in [9.17, 15) is 0 Å². The number of hydrogen-bond acceptors (Lipinski definition) is 2. The van der Waals surface area contributed by atoms with Gasteiger partial charge in [-0.3, -0.25) is 4.98 Å². The van der Waals surface area contributed by atoms with E-state index in [4.69, 9.17) is 4.74 Å². The maximum Gasteiger partial charge on any atom is 0.126 e. The number of aromatic nitrogens is 1.